The van der Waals surface area contributed by atoms with E-state index in [1.54, 1.807) is 19.2 Å². The Hall–Kier alpha value is -1.50. The van der Waals surface area contributed by atoms with E-state index in [1.165, 1.54) is 6.07 Å². The molecule has 0 radical (unpaired) electrons. The van der Waals surface area contributed by atoms with Crippen molar-refractivity contribution in [3.05, 3.63) is 34.3 Å². The zero-order valence-electron chi connectivity index (χ0n) is 8.17. The van der Waals surface area contributed by atoms with E-state index >= 15 is 0 Å². The van der Waals surface area contributed by atoms with Crippen molar-refractivity contribution in [3.63, 3.8) is 0 Å². The second-order valence-electron chi connectivity index (χ2n) is 2.83. The summed E-state index contributed by atoms with van der Waals surface area (Å²) < 4.78 is 0. The van der Waals surface area contributed by atoms with E-state index in [0.29, 0.717) is 12.1 Å². The van der Waals surface area contributed by atoms with Gasteiger partial charge in [-0.2, -0.15) is 0 Å². The summed E-state index contributed by atoms with van der Waals surface area (Å²) in [5.74, 6) is 4.69. The molecule has 0 saturated carbocycles. The highest BCUT2D eigenvalue weighted by Crippen LogP contribution is 2.17. The highest BCUT2D eigenvalue weighted by molar-refractivity contribution is 6.33. The van der Waals surface area contributed by atoms with Gasteiger partial charge in [0.15, 0.2) is 0 Å². The molecule has 0 spiro atoms. The van der Waals surface area contributed by atoms with Gasteiger partial charge in [0.1, 0.15) is 0 Å². The molecular weight excluding hydrogens is 214 g/mol. The third-order valence-corrected chi connectivity index (χ3v) is 2.01. The maximum Gasteiger partial charge on any atom is 0.337 e. The van der Waals surface area contributed by atoms with Gasteiger partial charge in [0.05, 0.1) is 17.1 Å². The lowest BCUT2D eigenvalue weighted by molar-refractivity contribution is 0.0697. The number of benzene rings is 1. The predicted octanol–water partition coefficient (Wildman–Crippen LogP) is 1.61. The molecule has 1 aromatic carbocycles. The molecule has 0 unspecified atom stereocenters. The van der Waals surface area contributed by atoms with Crippen LogP contribution in [0.1, 0.15) is 15.9 Å². The number of hydrogen-bond acceptors (Lipinski definition) is 2. The number of hydrogen-bond donors (Lipinski definition) is 2. The average Bonchev–Trinajstić information content (AvgIpc) is 2.17. The van der Waals surface area contributed by atoms with Crippen LogP contribution >= 0.6 is 11.6 Å². The molecule has 0 atom stereocenters. The molecule has 3 nitrogen and oxygen atoms in total. The highest BCUT2D eigenvalue weighted by Gasteiger charge is 2.07. The van der Waals surface area contributed by atoms with Crippen molar-refractivity contribution in [2.45, 2.75) is 0 Å². The van der Waals surface area contributed by atoms with Gasteiger partial charge in [-0.05, 0) is 25.2 Å². The molecule has 0 aliphatic heterocycles. The first-order valence-electron chi connectivity index (χ1n) is 4.31. The lowest BCUT2D eigenvalue weighted by Crippen LogP contribution is -2.04. The van der Waals surface area contributed by atoms with Crippen LogP contribution in [0.25, 0.3) is 0 Å². The molecule has 0 saturated heterocycles. The molecule has 0 bridgehead atoms. The molecule has 0 aliphatic rings. The van der Waals surface area contributed by atoms with E-state index in [-0.39, 0.29) is 10.6 Å². The standard InChI is InChI=1S/C11H10ClNO2/c1-13-6-2-3-8-4-5-9(11(14)15)10(12)7-8/h4-5,7,13H,6H2,1H3,(H,14,15). The molecule has 78 valence electrons. The van der Waals surface area contributed by atoms with Crippen LogP contribution in [0.15, 0.2) is 18.2 Å². The van der Waals surface area contributed by atoms with Crippen LogP contribution in [0.3, 0.4) is 0 Å². The second-order valence-corrected chi connectivity index (χ2v) is 3.24. The maximum absolute atomic E-state index is 10.7. The molecule has 0 aliphatic carbocycles. The van der Waals surface area contributed by atoms with Crippen LogP contribution in [-0.4, -0.2) is 24.7 Å². The summed E-state index contributed by atoms with van der Waals surface area (Å²) in [6.07, 6.45) is 0. The monoisotopic (exact) mass is 223 g/mol. The van der Waals surface area contributed by atoms with E-state index in [0.717, 1.165) is 0 Å². The SMILES string of the molecule is CNCC#Cc1ccc(C(=O)O)c(Cl)c1. The molecule has 1 aromatic rings. The van der Waals surface area contributed by atoms with Gasteiger partial charge in [-0.1, -0.05) is 23.4 Å². The third-order valence-electron chi connectivity index (χ3n) is 1.70. The minimum atomic E-state index is -1.03. The largest absolute Gasteiger partial charge is 0.478 e. The van der Waals surface area contributed by atoms with Gasteiger partial charge < -0.3 is 10.4 Å². The maximum atomic E-state index is 10.7. The number of carboxylic acids is 1. The molecule has 0 amide bonds. The fourth-order valence-corrected chi connectivity index (χ4v) is 1.26. The average molecular weight is 224 g/mol. The van der Waals surface area contributed by atoms with Crippen LogP contribution in [0.2, 0.25) is 5.02 Å². The van der Waals surface area contributed by atoms with Gasteiger partial charge in [0.2, 0.25) is 0 Å². The summed E-state index contributed by atoms with van der Waals surface area (Å²) in [5, 5.41) is 11.8. The van der Waals surface area contributed by atoms with E-state index in [1.807, 2.05) is 0 Å². The van der Waals surface area contributed by atoms with Gasteiger partial charge in [-0.3, -0.25) is 0 Å². The van der Waals surface area contributed by atoms with Crippen molar-refractivity contribution in [2.24, 2.45) is 0 Å². The van der Waals surface area contributed by atoms with Crippen LogP contribution in [-0.2, 0) is 0 Å². The molecule has 0 fully saturated rings. The minimum absolute atomic E-state index is 0.0934. The molecule has 2 N–H and O–H groups in total. The first kappa shape index (κ1) is 11.6. The van der Waals surface area contributed by atoms with Crippen LogP contribution in [0, 0.1) is 11.8 Å². The Labute approximate surface area is 93.1 Å². The Morgan fingerprint density at radius 2 is 2.33 bits per heavy atom. The van der Waals surface area contributed by atoms with Crippen LogP contribution in [0.4, 0.5) is 0 Å². The number of nitrogens with one attached hydrogen (secondary N) is 1. The lowest BCUT2D eigenvalue weighted by Gasteiger charge is -1.98. The molecule has 4 heteroatoms. The normalized spacial score (nSPS) is 9.20. The number of rotatable bonds is 2. The summed E-state index contributed by atoms with van der Waals surface area (Å²) >= 11 is 5.77. The molecule has 0 heterocycles. The Morgan fingerprint density at radius 3 is 2.87 bits per heavy atom. The van der Waals surface area contributed by atoms with E-state index in [9.17, 15) is 4.79 Å². The number of aromatic carboxylic acids is 1. The van der Waals surface area contributed by atoms with Crippen molar-refractivity contribution in [1.82, 2.24) is 5.32 Å². The number of carbonyl (C=O) groups is 1. The van der Waals surface area contributed by atoms with E-state index < -0.39 is 5.97 Å². The van der Waals surface area contributed by atoms with Crippen LogP contribution in [0.5, 0.6) is 0 Å². The van der Waals surface area contributed by atoms with Gasteiger partial charge in [0.25, 0.3) is 0 Å². The number of carboxylic acid groups (broad SMARTS) is 1. The summed E-state index contributed by atoms with van der Waals surface area (Å²) in [7, 11) is 1.80. The molecule has 15 heavy (non-hydrogen) atoms. The Morgan fingerprint density at radius 1 is 1.60 bits per heavy atom. The topological polar surface area (TPSA) is 49.3 Å². The zero-order valence-corrected chi connectivity index (χ0v) is 8.93. The molecule has 0 aromatic heterocycles. The second kappa shape index (κ2) is 5.40. The Bertz CT molecular complexity index is 432. The van der Waals surface area contributed by atoms with E-state index in [4.69, 9.17) is 16.7 Å². The first-order valence-corrected chi connectivity index (χ1v) is 4.69. The van der Waals surface area contributed by atoms with E-state index in [2.05, 4.69) is 17.2 Å². The number of halogens is 1. The zero-order chi connectivity index (χ0) is 11.3. The van der Waals surface area contributed by atoms with Gasteiger partial charge in [-0.25, -0.2) is 4.79 Å². The minimum Gasteiger partial charge on any atom is -0.478 e. The molecule has 1 rings (SSSR count). The van der Waals surface area contributed by atoms with Crippen molar-refractivity contribution in [2.75, 3.05) is 13.6 Å². The first-order chi connectivity index (χ1) is 7.15. The van der Waals surface area contributed by atoms with Crippen molar-refractivity contribution >= 4 is 17.6 Å². The lowest BCUT2D eigenvalue weighted by atomic mass is 10.1. The van der Waals surface area contributed by atoms with Crippen molar-refractivity contribution < 1.29 is 9.90 Å². The van der Waals surface area contributed by atoms with Gasteiger partial charge in [0, 0.05) is 5.56 Å². The Kier molecular flexibility index (Phi) is 4.17. The van der Waals surface area contributed by atoms with Crippen LogP contribution < -0.4 is 5.32 Å². The van der Waals surface area contributed by atoms with Gasteiger partial charge >= 0.3 is 5.97 Å². The third kappa shape index (κ3) is 3.28. The fourth-order valence-electron chi connectivity index (χ4n) is 1.00. The van der Waals surface area contributed by atoms with Gasteiger partial charge in [-0.15, -0.1) is 0 Å². The quantitative estimate of drug-likeness (QED) is 0.749. The highest BCUT2D eigenvalue weighted by atomic mass is 35.5. The summed E-state index contributed by atoms with van der Waals surface area (Å²) in [6, 6.07) is 4.64. The summed E-state index contributed by atoms with van der Waals surface area (Å²) in [5.41, 5.74) is 0.802. The predicted molar refractivity (Wildman–Crippen MR) is 59.2 cm³/mol. The smallest absolute Gasteiger partial charge is 0.337 e. The van der Waals surface area contributed by atoms with Crippen molar-refractivity contribution in [3.8, 4) is 11.8 Å². The fraction of sp³-hybridized carbons (Fsp3) is 0.182. The Balaban J connectivity index is 2.93. The van der Waals surface area contributed by atoms with Crippen molar-refractivity contribution in [1.29, 1.82) is 0 Å². The molecular formula is C11H10ClNO2. The summed E-state index contributed by atoms with van der Waals surface area (Å²) in [6.45, 7) is 0.582. The summed E-state index contributed by atoms with van der Waals surface area (Å²) in [4.78, 5) is 10.7.